The topological polar surface area (TPSA) is 186 Å². The lowest BCUT2D eigenvalue weighted by molar-refractivity contribution is -0.128. The second kappa shape index (κ2) is 18.4. The lowest BCUT2D eigenvalue weighted by Crippen LogP contribution is -2.48. The first-order chi connectivity index (χ1) is 30.9. The number of anilines is 2. The maximum Gasteiger partial charge on any atom is 0.296 e. The van der Waals surface area contributed by atoms with E-state index in [-0.39, 0.29) is 59.5 Å². The number of hydrogen-bond donors (Lipinski definition) is 5. The summed E-state index contributed by atoms with van der Waals surface area (Å²) in [7, 11) is 0. The fourth-order valence-corrected chi connectivity index (χ4v) is 11.8. The molecule has 1 aliphatic heterocycles. The van der Waals surface area contributed by atoms with Gasteiger partial charge in [-0.2, -0.15) is 0 Å². The molecule has 14 nitrogen and oxygen atoms in total. The van der Waals surface area contributed by atoms with Gasteiger partial charge < -0.3 is 31.3 Å². The second-order valence-electron chi connectivity index (χ2n) is 16.9. The predicted octanol–water partition coefficient (Wildman–Crippen LogP) is 5.30. The Morgan fingerprint density at radius 2 is 1.72 bits per heavy atom. The second-order valence-corrected chi connectivity index (χ2v) is 19.5. The molecule has 1 unspecified atom stereocenters. The predicted molar refractivity (Wildman–Crippen MR) is 254 cm³/mol. The van der Waals surface area contributed by atoms with E-state index < -0.39 is 5.91 Å². The maximum absolute atomic E-state index is 13.6. The van der Waals surface area contributed by atoms with Crippen molar-refractivity contribution >= 4 is 84.8 Å². The van der Waals surface area contributed by atoms with Crippen molar-refractivity contribution in [1.29, 1.82) is 0 Å². The number of nitrogens with zero attached hydrogens (tertiary/aromatic N) is 5. The molecule has 0 spiro atoms. The van der Waals surface area contributed by atoms with Crippen molar-refractivity contribution in [2.75, 3.05) is 50.0 Å². The molecule has 5 N–H and O–H groups in total. The summed E-state index contributed by atoms with van der Waals surface area (Å²) in [6.45, 7) is 8.56. The molecule has 5 aromatic heterocycles. The summed E-state index contributed by atoms with van der Waals surface area (Å²) in [6, 6.07) is 14.2. The van der Waals surface area contributed by atoms with Crippen molar-refractivity contribution in [2.24, 2.45) is 17.8 Å². The quantitative estimate of drug-likeness (QED) is 0.0495. The van der Waals surface area contributed by atoms with Gasteiger partial charge in [0.25, 0.3) is 17.4 Å². The number of thiol groups is 1. The third kappa shape index (κ3) is 8.84. The van der Waals surface area contributed by atoms with Crippen LogP contribution in [0.4, 0.5) is 11.4 Å². The number of ether oxygens (including phenoxy) is 1. The molecule has 1 saturated carbocycles. The summed E-state index contributed by atoms with van der Waals surface area (Å²) in [6.07, 6.45) is 6.19. The van der Waals surface area contributed by atoms with Crippen LogP contribution in [0.15, 0.2) is 58.6 Å². The number of carbonyl (C=O) groups excluding carboxylic acids is 3. The number of nitrogens with one attached hydrogen (secondary N) is 3. The van der Waals surface area contributed by atoms with E-state index in [1.54, 1.807) is 12.3 Å². The number of carbonyl (C=O) groups is 3. The summed E-state index contributed by atoms with van der Waals surface area (Å²) < 4.78 is 7.06. The SMILES string of the molecule is Cc1ccnc(-n2c(S)nc3sc(C)c(C#CC(=O)NCCOCCNC(=O)C4[C@@H]5CC[C@H]4CN(c4ccc6c(c4)CC[C@H](NC(=O)c4sc7nc(C)ccc7c4N)C6)C5)c3c2=O)c1. The number of pyridine rings is 2. The number of benzene rings is 1. The molecule has 3 aliphatic rings. The summed E-state index contributed by atoms with van der Waals surface area (Å²) in [5, 5.41) is 10.4. The zero-order valence-corrected chi connectivity index (χ0v) is 38.4. The fourth-order valence-electron chi connectivity index (χ4n) is 9.45. The Bertz CT molecular complexity index is 2940. The number of amides is 3. The van der Waals surface area contributed by atoms with Crippen LogP contribution in [0.1, 0.15) is 61.8 Å². The lowest BCUT2D eigenvalue weighted by Gasteiger charge is -2.39. The van der Waals surface area contributed by atoms with Gasteiger partial charge in [0.2, 0.25) is 5.91 Å². The van der Waals surface area contributed by atoms with Gasteiger partial charge in [0.1, 0.15) is 20.4 Å². The van der Waals surface area contributed by atoms with Crippen LogP contribution in [-0.4, -0.2) is 82.7 Å². The number of fused-ring (bicyclic) bond motifs is 5. The van der Waals surface area contributed by atoms with E-state index in [1.807, 2.05) is 39.0 Å². The van der Waals surface area contributed by atoms with Crippen LogP contribution in [0, 0.1) is 50.4 Å². The third-order valence-electron chi connectivity index (χ3n) is 12.6. The van der Waals surface area contributed by atoms with Crippen molar-refractivity contribution in [2.45, 2.75) is 64.1 Å². The molecule has 64 heavy (non-hydrogen) atoms. The number of piperidine rings is 1. The van der Waals surface area contributed by atoms with Crippen LogP contribution < -0.4 is 32.1 Å². The van der Waals surface area contributed by atoms with Crippen LogP contribution >= 0.6 is 35.3 Å². The Balaban J connectivity index is 0.710. The van der Waals surface area contributed by atoms with E-state index in [4.69, 9.17) is 10.5 Å². The lowest BCUT2D eigenvalue weighted by atomic mass is 9.83. The van der Waals surface area contributed by atoms with Gasteiger partial charge in [-0.25, -0.2) is 19.5 Å². The van der Waals surface area contributed by atoms with Gasteiger partial charge in [-0.15, -0.1) is 35.3 Å². The van der Waals surface area contributed by atoms with Crippen molar-refractivity contribution in [3.8, 4) is 17.7 Å². The van der Waals surface area contributed by atoms with Gasteiger partial charge >= 0.3 is 0 Å². The molecule has 2 bridgehead atoms. The molecule has 3 amide bonds. The van der Waals surface area contributed by atoms with Gasteiger partial charge in [-0.1, -0.05) is 12.0 Å². The van der Waals surface area contributed by atoms with Gasteiger partial charge in [0.05, 0.1) is 29.9 Å². The Morgan fingerprint density at radius 3 is 2.50 bits per heavy atom. The molecular formula is C47H49N9O5S3. The number of thiophene rings is 2. The Labute approximate surface area is 383 Å². The molecule has 1 aromatic carbocycles. The molecule has 2 aliphatic carbocycles. The summed E-state index contributed by atoms with van der Waals surface area (Å²) >= 11 is 7.12. The zero-order valence-electron chi connectivity index (χ0n) is 35.8. The number of nitrogen functional groups attached to an aromatic ring is 1. The molecular weight excluding hydrogens is 867 g/mol. The van der Waals surface area contributed by atoms with Crippen LogP contribution in [0.2, 0.25) is 0 Å². The maximum atomic E-state index is 13.6. The van der Waals surface area contributed by atoms with Crippen LogP contribution in [0.3, 0.4) is 0 Å². The van der Waals surface area contributed by atoms with Gasteiger partial charge in [0.15, 0.2) is 5.16 Å². The first kappa shape index (κ1) is 43.5. The standard InChI is InChI=1S/C47H49N9O5S3/c1-25-14-15-49-36(20-25)56-46(60)39-34(27(3)63-45(39)54-47(56)62)12-13-37(57)50-16-18-61-19-17-51-42(58)38-30-5-6-31(38)24-55(23-30)33-10-8-28-21-32(9-7-29(28)22-33)53-43(59)41-40(48)35-11-4-26(2)52-44(35)64-41/h4,8,10-11,14-15,20,22,30-32,38H,5-7,9,16-19,21,23-24,48H2,1-3H3,(H,50,57)(H,51,58)(H,53,59)(H,54,62)/t30-,31+,32-,38?/m0/s1. The highest BCUT2D eigenvalue weighted by molar-refractivity contribution is 7.80. The number of hydrogen-bond acceptors (Lipinski definition) is 13. The third-order valence-corrected chi connectivity index (χ3v) is 15.0. The molecule has 17 heteroatoms. The van der Waals surface area contributed by atoms with Crippen LogP contribution in [-0.2, 0) is 27.2 Å². The Kier molecular flexibility index (Phi) is 12.5. The first-order valence-electron chi connectivity index (χ1n) is 21.6. The highest BCUT2D eigenvalue weighted by Gasteiger charge is 2.46. The number of aromatic nitrogens is 4. The fraction of sp³-hybridized carbons (Fsp3) is 0.383. The molecule has 2 fully saturated rings. The average Bonchev–Trinajstić information content (AvgIpc) is 3.87. The summed E-state index contributed by atoms with van der Waals surface area (Å²) in [4.78, 5) is 71.4. The molecule has 9 rings (SSSR count). The molecule has 6 aromatic rings. The number of rotatable bonds is 11. The van der Waals surface area contributed by atoms with Crippen molar-refractivity contribution in [3.63, 3.8) is 0 Å². The molecule has 6 heterocycles. The van der Waals surface area contributed by atoms with Crippen LogP contribution in [0.5, 0.6) is 0 Å². The smallest absolute Gasteiger partial charge is 0.296 e. The summed E-state index contributed by atoms with van der Waals surface area (Å²) in [5.74, 6) is 5.89. The Morgan fingerprint density at radius 1 is 0.938 bits per heavy atom. The van der Waals surface area contributed by atoms with Crippen molar-refractivity contribution < 1.29 is 19.1 Å². The zero-order chi connectivity index (χ0) is 44.6. The monoisotopic (exact) mass is 915 g/mol. The average molecular weight is 916 g/mol. The molecule has 4 atom stereocenters. The van der Waals surface area contributed by atoms with E-state index in [1.165, 1.54) is 44.1 Å². The molecule has 0 radical (unpaired) electrons. The van der Waals surface area contributed by atoms with E-state index in [2.05, 4.69) is 78.5 Å². The normalized spacial score (nSPS) is 19.0. The van der Waals surface area contributed by atoms with Crippen LogP contribution in [0.25, 0.3) is 26.3 Å². The first-order valence-corrected chi connectivity index (χ1v) is 23.7. The van der Waals surface area contributed by atoms with E-state index in [0.29, 0.717) is 45.3 Å². The molecule has 1 saturated heterocycles. The highest BCUT2D eigenvalue weighted by atomic mass is 32.1. The van der Waals surface area contributed by atoms with E-state index >= 15 is 0 Å². The molecule has 330 valence electrons. The van der Waals surface area contributed by atoms with Crippen molar-refractivity contribution in [3.05, 3.63) is 96.7 Å². The van der Waals surface area contributed by atoms with Gasteiger partial charge in [0, 0.05) is 71.9 Å². The van der Waals surface area contributed by atoms with Crippen molar-refractivity contribution in [1.82, 2.24) is 35.5 Å². The number of nitrogens with two attached hydrogens (primary N) is 1. The van der Waals surface area contributed by atoms with E-state index in [9.17, 15) is 19.2 Å². The number of aryl methyl sites for hydroxylation is 4. The Hall–Kier alpha value is -5.80. The minimum Gasteiger partial charge on any atom is -0.397 e. The van der Waals surface area contributed by atoms with Gasteiger partial charge in [-0.05, 0) is 118 Å². The minimum absolute atomic E-state index is 0.0207. The highest BCUT2D eigenvalue weighted by Crippen LogP contribution is 2.44. The largest absolute Gasteiger partial charge is 0.397 e. The van der Waals surface area contributed by atoms with E-state index in [0.717, 1.165) is 71.5 Å². The summed E-state index contributed by atoms with van der Waals surface area (Å²) in [5.41, 5.74) is 12.6. The minimum atomic E-state index is -0.495. The van der Waals surface area contributed by atoms with Gasteiger partial charge in [-0.3, -0.25) is 19.2 Å².